The number of rotatable bonds is 6. The molecular weight excluding hydrogens is 294 g/mol. The molecule has 0 aliphatic carbocycles. The van der Waals surface area contributed by atoms with E-state index in [2.05, 4.69) is 41.0 Å². The highest BCUT2D eigenvalue weighted by Gasteiger charge is 2.04. The van der Waals surface area contributed by atoms with E-state index < -0.39 is 0 Å². The Kier molecular flexibility index (Phi) is 8.31. The van der Waals surface area contributed by atoms with Crippen molar-refractivity contribution in [3.63, 3.8) is 0 Å². The van der Waals surface area contributed by atoms with Crippen molar-refractivity contribution >= 4 is 6.47 Å². The summed E-state index contributed by atoms with van der Waals surface area (Å²) in [5.41, 5.74) is 2.37. The fourth-order valence-corrected chi connectivity index (χ4v) is 2.10. The highest BCUT2D eigenvalue weighted by molar-refractivity contribution is 5.32. The van der Waals surface area contributed by atoms with Crippen LogP contribution in [0.15, 0.2) is 36.7 Å². The first kappa shape index (κ1) is 18.6. The average Bonchev–Trinajstić information content (AvgIpc) is 2.56. The molecule has 1 aromatic carbocycles. The maximum Gasteiger partial charge on any atom is 0.290 e. The Hall–Kier alpha value is -2.47. The van der Waals surface area contributed by atoms with E-state index in [0.717, 1.165) is 36.6 Å². The second kappa shape index (κ2) is 10.3. The van der Waals surface area contributed by atoms with Gasteiger partial charge in [0.1, 0.15) is 11.6 Å². The number of nitrogens with zero attached hydrogens (tertiary/aromatic N) is 3. The zero-order chi connectivity index (χ0) is 17.1. The van der Waals surface area contributed by atoms with Crippen molar-refractivity contribution < 1.29 is 14.6 Å². The van der Waals surface area contributed by atoms with E-state index in [1.807, 2.05) is 24.5 Å². The number of aromatic nitrogens is 2. The maximum absolute atomic E-state index is 8.36. The molecule has 6 heteroatoms. The van der Waals surface area contributed by atoms with Gasteiger partial charge in [0.25, 0.3) is 6.47 Å². The summed E-state index contributed by atoms with van der Waals surface area (Å²) in [4.78, 5) is 19.3. The van der Waals surface area contributed by atoms with Gasteiger partial charge in [-0.2, -0.15) is 0 Å². The Morgan fingerprint density at radius 2 is 1.83 bits per heavy atom. The summed E-state index contributed by atoms with van der Waals surface area (Å²) in [6, 6.07) is 8.14. The summed E-state index contributed by atoms with van der Waals surface area (Å²) in [7, 11) is 3.78. The van der Waals surface area contributed by atoms with Crippen LogP contribution in [0.2, 0.25) is 0 Å². The Morgan fingerprint density at radius 1 is 1.22 bits per heavy atom. The molecule has 0 unspecified atom stereocenters. The van der Waals surface area contributed by atoms with Gasteiger partial charge < -0.3 is 9.84 Å². The molecule has 0 atom stereocenters. The number of methoxy groups -OCH3 is 1. The van der Waals surface area contributed by atoms with Crippen molar-refractivity contribution in [3.05, 3.63) is 53.6 Å². The van der Waals surface area contributed by atoms with Gasteiger partial charge in [0, 0.05) is 37.5 Å². The number of hydrogen-bond acceptors (Lipinski definition) is 5. The van der Waals surface area contributed by atoms with E-state index in [-0.39, 0.29) is 6.47 Å². The van der Waals surface area contributed by atoms with Gasteiger partial charge in [-0.05, 0) is 24.7 Å². The van der Waals surface area contributed by atoms with Gasteiger partial charge in [-0.3, -0.25) is 9.69 Å². The summed E-state index contributed by atoms with van der Waals surface area (Å²) in [6.45, 7) is 3.51. The average molecular weight is 317 g/mol. The molecule has 6 nitrogen and oxygen atoms in total. The van der Waals surface area contributed by atoms with Crippen molar-refractivity contribution in [2.75, 3.05) is 14.2 Å². The van der Waals surface area contributed by atoms with Gasteiger partial charge in [0.05, 0.1) is 7.11 Å². The zero-order valence-corrected chi connectivity index (χ0v) is 13.8. The van der Waals surface area contributed by atoms with Crippen LogP contribution in [-0.4, -0.2) is 40.6 Å². The third-order valence-electron chi connectivity index (χ3n) is 3.11. The monoisotopic (exact) mass is 317 g/mol. The molecule has 2 rings (SSSR count). The zero-order valence-electron chi connectivity index (χ0n) is 13.8. The lowest BCUT2D eigenvalue weighted by Gasteiger charge is -2.17. The summed E-state index contributed by atoms with van der Waals surface area (Å²) in [5, 5.41) is 6.89. The Bertz CT molecular complexity index is 588. The predicted octanol–water partition coefficient (Wildman–Crippen LogP) is 2.38. The minimum atomic E-state index is -0.250. The molecule has 124 valence electrons. The summed E-state index contributed by atoms with van der Waals surface area (Å²) >= 11 is 0. The molecule has 0 saturated carbocycles. The summed E-state index contributed by atoms with van der Waals surface area (Å²) in [6.07, 6.45) is 4.70. The molecule has 0 radical (unpaired) electrons. The molecule has 0 bridgehead atoms. The largest absolute Gasteiger partial charge is 0.497 e. The molecule has 0 amide bonds. The van der Waals surface area contributed by atoms with Gasteiger partial charge in [-0.25, -0.2) is 9.97 Å². The fourth-order valence-electron chi connectivity index (χ4n) is 2.10. The van der Waals surface area contributed by atoms with E-state index in [1.54, 1.807) is 7.11 Å². The molecule has 0 fully saturated rings. The second-order valence-corrected chi connectivity index (χ2v) is 4.99. The summed E-state index contributed by atoms with van der Waals surface area (Å²) < 4.78 is 5.24. The third-order valence-corrected chi connectivity index (χ3v) is 3.11. The van der Waals surface area contributed by atoms with Gasteiger partial charge in [0.2, 0.25) is 0 Å². The minimum absolute atomic E-state index is 0.250. The minimum Gasteiger partial charge on any atom is -0.497 e. The molecule has 0 aliphatic rings. The normalized spacial score (nSPS) is 9.91. The van der Waals surface area contributed by atoms with E-state index in [0.29, 0.717) is 0 Å². The molecular formula is C17H23N3O3. The Labute approximate surface area is 136 Å². The molecule has 0 spiro atoms. The number of benzene rings is 1. The van der Waals surface area contributed by atoms with Crippen LogP contribution in [0.25, 0.3) is 0 Å². The standard InChI is InChI=1S/C16H21N3O.CH2O2/c1-4-16-17-9-14(10-18-16)12-19(2)11-13-6-5-7-15(8-13)20-3;2-1-3/h5-10H,4,11-12H2,1-3H3;1H,(H,2,3). The highest BCUT2D eigenvalue weighted by Crippen LogP contribution is 2.14. The Balaban J connectivity index is 0.000000816. The van der Waals surface area contributed by atoms with E-state index >= 15 is 0 Å². The van der Waals surface area contributed by atoms with E-state index in [4.69, 9.17) is 14.6 Å². The van der Waals surface area contributed by atoms with Crippen molar-refractivity contribution in [1.82, 2.24) is 14.9 Å². The van der Waals surface area contributed by atoms with Crippen LogP contribution in [0.3, 0.4) is 0 Å². The number of carbonyl (C=O) groups is 1. The number of aryl methyl sites for hydroxylation is 1. The summed E-state index contributed by atoms with van der Waals surface area (Å²) in [5.74, 6) is 1.79. The first-order valence-corrected chi connectivity index (χ1v) is 7.32. The molecule has 0 aliphatic heterocycles. The number of carboxylic acid groups (broad SMARTS) is 1. The third kappa shape index (κ3) is 6.88. The van der Waals surface area contributed by atoms with Gasteiger partial charge in [0.15, 0.2) is 0 Å². The SMILES string of the molecule is CCc1ncc(CN(C)Cc2cccc(OC)c2)cn1.O=CO. The second-order valence-electron chi connectivity index (χ2n) is 4.99. The van der Waals surface area contributed by atoms with Crippen molar-refractivity contribution in [3.8, 4) is 5.75 Å². The first-order valence-electron chi connectivity index (χ1n) is 7.32. The smallest absolute Gasteiger partial charge is 0.290 e. The van der Waals surface area contributed by atoms with Gasteiger partial charge in [-0.15, -0.1) is 0 Å². The van der Waals surface area contributed by atoms with Crippen LogP contribution < -0.4 is 4.74 Å². The lowest BCUT2D eigenvalue weighted by molar-refractivity contribution is -0.122. The lowest BCUT2D eigenvalue weighted by atomic mass is 10.2. The molecule has 2 aromatic rings. The predicted molar refractivity (Wildman–Crippen MR) is 88.3 cm³/mol. The van der Waals surface area contributed by atoms with E-state index in [9.17, 15) is 0 Å². The maximum atomic E-state index is 8.36. The van der Waals surface area contributed by atoms with Gasteiger partial charge >= 0.3 is 0 Å². The van der Waals surface area contributed by atoms with Crippen LogP contribution in [0, 0.1) is 0 Å². The molecule has 1 N–H and O–H groups in total. The van der Waals surface area contributed by atoms with Crippen LogP contribution in [0.4, 0.5) is 0 Å². The van der Waals surface area contributed by atoms with E-state index in [1.165, 1.54) is 5.56 Å². The molecule has 0 saturated heterocycles. The Morgan fingerprint density at radius 3 is 2.39 bits per heavy atom. The lowest BCUT2D eigenvalue weighted by Crippen LogP contribution is -2.17. The number of ether oxygens (including phenoxy) is 1. The van der Waals surface area contributed by atoms with Crippen molar-refractivity contribution in [1.29, 1.82) is 0 Å². The molecule has 1 aromatic heterocycles. The van der Waals surface area contributed by atoms with Crippen LogP contribution in [0.5, 0.6) is 5.75 Å². The van der Waals surface area contributed by atoms with Crippen molar-refractivity contribution in [2.45, 2.75) is 26.4 Å². The topological polar surface area (TPSA) is 75.5 Å². The van der Waals surface area contributed by atoms with Gasteiger partial charge in [-0.1, -0.05) is 19.1 Å². The first-order chi connectivity index (χ1) is 11.1. The highest BCUT2D eigenvalue weighted by atomic mass is 16.5. The van der Waals surface area contributed by atoms with Crippen molar-refractivity contribution in [2.24, 2.45) is 0 Å². The quantitative estimate of drug-likeness (QED) is 0.825. The van der Waals surface area contributed by atoms with Crippen LogP contribution >= 0.6 is 0 Å². The fraction of sp³-hybridized carbons (Fsp3) is 0.353. The molecule has 23 heavy (non-hydrogen) atoms. The number of hydrogen-bond donors (Lipinski definition) is 1. The molecule has 1 heterocycles. The van der Waals surface area contributed by atoms with Crippen LogP contribution in [0.1, 0.15) is 23.9 Å². The van der Waals surface area contributed by atoms with Crippen LogP contribution in [-0.2, 0) is 24.3 Å².